The van der Waals surface area contributed by atoms with Crippen LogP contribution < -0.4 is 21.3 Å². The smallest absolute Gasteiger partial charge is 0.323 e. The first kappa shape index (κ1) is 21.6. The number of rotatable bonds is 7. The Morgan fingerprint density at radius 1 is 0.697 bits per heavy atom. The van der Waals surface area contributed by atoms with Gasteiger partial charge in [0.25, 0.3) is 0 Å². The molecule has 0 aliphatic heterocycles. The highest BCUT2D eigenvalue weighted by molar-refractivity contribution is 6.00. The van der Waals surface area contributed by atoms with Crippen LogP contribution in [-0.4, -0.2) is 21.8 Å². The van der Waals surface area contributed by atoms with Gasteiger partial charge in [0.05, 0.1) is 6.54 Å². The van der Waals surface area contributed by atoms with Gasteiger partial charge in [-0.25, -0.2) is 9.59 Å². The third-order valence-electron chi connectivity index (χ3n) is 4.86. The largest absolute Gasteiger partial charge is 0.334 e. The van der Waals surface area contributed by atoms with E-state index in [1.807, 2.05) is 59.4 Å². The van der Waals surface area contributed by atoms with E-state index in [0.29, 0.717) is 30.2 Å². The number of nitrogens with one attached hydrogen (secondary N) is 4. The van der Waals surface area contributed by atoms with E-state index in [9.17, 15) is 9.59 Å². The quantitative estimate of drug-likeness (QED) is 0.329. The van der Waals surface area contributed by atoms with E-state index in [4.69, 9.17) is 0 Å². The monoisotopic (exact) mass is 440 g/mol. The molecule has 4 N–H and O–H groups in total. The molecule has 0 aliphatic rings. The summed E-state index contributed by atoms with van der Waals surface area (Å²) in [4.78, 5) is 24.6. The maximum Gasteiger partial charge on any atom is 0.323 e. The van der Waals surface area contributed by atoms with Crippen molar-refractivity contribution in [2.24, 2.45) is 0 Å². The van der Waals surface area contributed by atoms with Crippen LogP contribution in [0.25, 0.3) is 0 Å². The molecule has 4 rings (SSSR count). The highest BCUT2D eigenvalue weighted by Crippen LogP contribution is 2.16. The average molecular weight is 441 g/mol. The lowest BCUT2D eigenvalue weighted by Crippen LogP contribution is -2.28. The lowest BCUT2D eigenvalue weighted by Gasteiger charge is -2.13. The van der Waals surface area contributed by atoms with Crippen LogP contribution >= 0.6 is 0 Å². The Morgan fingerprint density at radius 2 is 1.33 bits per heavy atom. The van der Waals surface area contributed by atoms with Gasteiger partial charge in [-0.15, -0.1) is 0 Å². The van der Waals surface area contributed by atoms with Crippen molar-refractivity contribution in [1.29, 1.82) is 0 Å². The van der Waals surface area contributed by atoms with Crippen LogP contribution in [0.3, 0.4) is 0 Å². The van der Waals surface area contributed by atoms with Crippen LogP contribution in [0.5, 0.6) is 0 Å². The number of anilines is 3. The molecule has 1 aromatic heterocycles. The van der Waals surface area contributed by atoms with Gasteiger partial charge >= 0.3 is 12.1 Å². The van der Waals surface area contributed by atoms with Crippen LogP contribution in [0.2, 0.25) is 0 Å². The minimum atomic E-state index is -0.364. The molecule has 0 radical (unpaired) electrons. The first-order valence-corrected chi connectivity index (χ1v) is 10.5. The number of hydrogen-bond donors (Lipinski definition) is 4. The fraction of sp³-hybridized carbons (Fsp3) is 0.0800. The molecule has 0 aliphatic carbocycles. The zero-order valence-corrected chi connectivity index (χ0v) is 17.9. The molecular formula is C25H24N6O2. The van der Waals surface area contributed by atoms with E-state index in [1.54, 1.807) is 42.6 Å². The van der Waals surface area contributed by atoms with E-state index in [0.717, 1.165) is 11.1 Å². The lowest BCUT2D eigenvalue weighted by atomic mass is 10.1. The summed E-state index contributed by atoms with van der Waals surface area (Å²) >= 11 is 0. The summed E-state index contributed by atoms with van der Waals surface area (Å²) in [6, 6.07) is 25.2. The Kier molecular flexibility index (Phi) is 6.97. The van der Waals surface area contributed by atoms with Crippen molar-refractivity contribution in [3.8, 4) is 0 Å². The van der Waals surface area contributed by atoms with Crippen LogP contribution in [0.1, 0.15) is 11.1 Å². The van der Waals surface area contributed by atoms with E-state index in [1.165, 1.54) is 0 Å². The first-order valence-electron chi connectivity index (χ1n) is 10.5. The van der Waals surface area contributed by atoms with Crippen LogP contribution in [0.15, 0.2) is 97.3 Å². The van der Waals surface area contributed by atoms with E-state index in [-0.39, 0.29) is 12.1 Å². The Labute approximate surface area is 191 Å². The predicted octanol–water partition coefficient (Wildman–Crippen LogP) is 4.90. The number of nitrogens with zero attached hydrogens (tertiary/aromatic N) is 2. The van der Waals surface area contributed by atoms with E-state index < -0.39 is 0 Å². The van der Waals surface area contributed by atoms with Gasteiger partial charge in [0.1, 0.15) is 0 Å². The molecule has 0 bridgehead atoms. The molecule has 4 amide bonds. The highest BCUT2D eigenvalue weighted by atomic mass is 16.2. The molecule has 0 saturated carbocycles. The molecule has 0 spiro atoms. The van der Waals surface area contributed by atoms with Crippen LogP contribution in [-0.2, 0) is 13.1 Å². The van der Waals surface area contributed by atoms with Gasteiger partial charge < -0.3 is 21.3 Å². The minimum absolute atomic E-state index is 0.338. The minimum Gasteiger partial charge on any atom is -0.334 e. The summed E-state index contributed by atoms with van der Waals surface area (Å²) in [6.07, 6.45) is 3.64. The van der Waals surface area contributed by atoms with Gasteiger partial charge in [0, 0.05) is 36.0 Å². The molecule has 0 saturated heterocycles. The van der Waals surface area contributed by atoms with Crippen molar-refractivity contribution < 1.29 is 9.59 Å². The van der Waals surface area contributed by atoms with Crippen LogP contribution in [0, 0.1) is 0 Å². The summed E-state index contributed by atoms with van der Waals surface area (Å²) in [5.41, 5.74) is 3.91. The van der Waals surface area contributed by atoms with E-state index in [2.05, 4.69) is 26.4 Å². The molecule has 166 valence electrons. The zero-order chi connectivity index (χ0) is 22.9. The molecule has 4 aromatic rings. The van der Waals surface area contributed by atoms with Gasteiger partial charge in [-0.05, 0) is 47.5 Å². The van der Waals surface area contributed by atoms with Gasteiger partial charge in [-0.1, -0.05) is 48.5 Å². The molecule has 0 unspecified atom stereocenters. The van der Waals surface area contributed by atoms with Crippen molar-refractivity contribution in [2.45, 2.75) is 13.1 Å². The second kappa shape index (κ2) is 10.6. The predicted molar refractivity (Wildman–Crippen MR) is 129 cm³/mol. The number of aromatic nitrogens is 2. The standard InChI is InChI=1S/C25H24N6O2/c32-24(26-17-19-8-4-5-9-20(19)18-31-15-7-14-27-31)29-22-12-6-13-23(16-22)30-25(33)28-21-10-2-1-3-11-21/h1-16H,17-18H2,(H2,26,29,32)(H2,28,30,33). The third kappa shape index (κ3) is 6.44. The Morgan fingerprint density at radius 3 is 2.06 bits per heavy atom. The molecule has 8 nitrogen and oxygen atoms in total. The van der Waals surface area contributed by atoms with Crippen molar-refractivity contribution in [3.05, 3.63) is 108 Å². The molecule has 33 heavy (non-hydrogen) atoms. The van der Waals surface area contributed by atoms with Gasteiger partial charge in [-0.2, -0.15) is 5.10 Å². The maximum absolute atomic E-state index is 12.4. The summed E-state index contributed by atoms with van der Waals surface area (Å²) in [6.45, 7) is 1.01. The number of hydrogen-bond acceptors (Lipinski definition) is 3. The summed E-state index contributed by atoms with van der Waals surface area (Å²) in [5.74, 6) is 0. The third-order valence-corrected chi connectivity index (χ3v) is 4.86. The number of carbonyl (C=O) groups excluding carboxylic acids is 2. The second-order valence-corrected chi connectivity index (χ2v) is 7.31. The molecule has 0 atom stereocenters. The van der Waals surface area contributed by atoms with Crippen LogP contribution in [0.4, 0.5) is 26.7 Å². The topological polar surface area (TPSA) is 100 Å². The van der Waals surface area contributed by atoms with Crippen molar-refractivity contribution >= 4 is 29.1 Å². The second-order valence-electron chi connectivity index (χ2n) is 7.31. The van der Waals surface area contributed by atoms with Crippen molar-refractivity contribution in [2.75, 3.05) is 16.0 Å². The highest BCUT2D eigenvalue weighted by Gasteiger charge is 2.08. The van der Waals surface area contributed by atoms with E-state index >= 15 is 0 Å². The Bertz CT molecular complexity index is 1210. The summed E-state index contributed by atoms with van der Waals surface area (Å²) in [5, 5.41) is 15.4. The first-order chi connectivity index (χ1) is 16.2. The Balaban J connectivity index is 1.31. The molecule has 1 heterocycles. The molecule has 0 fully saturated rings. The van der Waals surface area contributed by atoms with Crippen molar-refractivity contribution in [3.63, 3.8) is 0 Å². The molecule has 8 heteroatoms. The van der Waals surface area contributed by atoms with Crippen molar-refractivity contribution in [1.82, 2.24) is 15.1 Å². The number of amides is 4. The fourth-order valence-electron chi connectivity index (χ4n) is 3.29. The van der Waals surface area contributed by atoms with Gasteiger partial charge in [0.2, 0.25) is 0 Å². The normalized spacial score (nSPS) is 10.3. The van der Waals surface area contributed by atoms with Gasteiger partial charge in [-0.3, -0.25) is 4.68 Å². The Hall–Kier alpha value is -4.59. The fourth-order valence-corrected chi connectivity index (χ4v) is 3.29. The SMILES string of the molecule is O=C(NCc1ccccc1Cn1cccn1)Nc1cccc(NC(=O)Nc2ccccc2)c1. The summed E-state index contributed by atoms with van der Waals surface area (Å²) < 4.78 is 1.84. The maximum atomic E-state index is 12.4. The lowest BCUT2D eigenvalue weighted by molar-refractivity contribution is 0.251. The average Bonchev–Trinajstić information content (AvgIpc) is 3.32. The number of urea groups is 2. The zero-order valence-electron chi connectivity index (χ0n) is 17.9. The van der Waals surface area contributed by atoms with Gasteiger partial charge in [0.15, 0.2) is 0 Å². The number of carbonyl (C=O) groups is 2. The molecule has 3 aromatic carbocycles. The number of para-hydroxylation sites is 1. The molecular weight excluding hydrogens is 416 g/mol. The number of benzene rings is 3. The summed E-state index contributed by atoms with van der Waals surface area (Å²) in [7, 11) is 0.